The monoisotopic (exact) mass is 432 g/mol. The van der Waals surface area contributed by atoms with Crippen molar-refractivity contribution in [1.29, 1.82) is 0 Å². The molecule has 0 spiro atoms. The number of amides is 1. The Labute approximate surface area is 174 Å². The number of fused-ring (bicyclic) bond motifs is 1. The lowest BCUT2D eigenvalue weighted by molar-refractivity contribution is -0.118. The third kappa shape index (κ3) is 5.41. The van der Waals surface area contributed by atoms with Gasteiger partial charge in [-0.2, -0.15) is 4.99 Å². The Kier molecular flexibility index (Phi) is 7.00. The number of carbonyl (C=O) groups excluding carboxylic acids is 1. The van der Waals surface area contributed by atoms with Crippen LogP contribution in [0.1, 0.15) is 18.4 Å². The molecule has 0 fully saturated rings. The van der Waals surface area contributed by atoms with Crippen LogP contribution in [0.4, 0.5) is 0 Å². The molecule has 0 saturated carbocycles. The summed E-state index contributed by atoms with van der Waals surface area (Å²) in [5.74, 6) is -0.394. The minimum atomic E-state index is -3.40. The summed E-state index contributed by atoms with van der Waals surface area (Å²) in [6.07, 6.45) is 0.325. The zero-order valence-electron chi connectivity index (χ0n) is 16.5. The minimum absolute atomic E-state index is 0.0760. The summed E-state index contributed by atoms with van der Waals surface area (Å²) in [5.41, 5.74) is 2.01. The van der Waals surface area contributed by atoms with Gasteiger partial charge in [-0.3, -0.25) is 4.79 Å². The van der Waals surface area contributed by atoms with E-state index >= 15 is 0 Å². The number of para-hydroxylation sites is 1. The van der Waals surface area contributed by atoms with Crippen molar-refractivity contribution in [3.8, 4) is 0 Å². The topological polar surface area (TPSA) is 77.7 Å². The first-order chi connectivity index (χ1) is 13.9. The van der Waals surface area contributed by atoms with Crippen molar-refractivity contribution in [2.45, 2.75) is 31.2 Å². The fourth-order valence-corrected chi connectivity index (χ4v) is 5.33. The van der Waals surface area contributed by atoms with E-state index in [9.17, 15) is 13.2 Å². The van der Waals surface area contributed by atoms with Crippen LogP contribution in [0.15, 0.2) is 58.4 Å². The van der Waals surface area contributed by atoms with E-state index in [1.807, 2.05) is 35.8 Å². The van der Waals surface area contributed by atoms with Gasteiger partial charge in [-0.1, -0.05) is 41.2 Å². The van der Waals surface area contributed by atoms with Crippen LogP contribution >= 0.6 is 11.3 Å². The molecule has 0 aliphatic heterocycles. The van der Waals surface area contributed by atoms with E-state index in [0.29, 0.717) is 18.0 Å². The fourth-order valence-electron chi connectivity index (χ4n) is 2.94. The van der Waals surface area contributed by atoms with Gasteiger partial charge in [0, 0.05) is 20.1 Å². The van der Waals surface area contributed by atoms with Crippen molar-refractivity contribution < 1.29 is 17.9 Å². The lowest BCUT2D eigenvalue weighted by atomic mass is 10.2. The van der Waals surface area contributed by atoms with Crippen LogP contribution in [0.5, 0.6) is 0 Å². The Balaban J connectivity index is 1.71. The second kappa shape index (κ2) is 9.47. The van der Waals surface area contributed by atoms with E-state index < -0.39 is 9.84 Å². The summed E-state index contributed by atoms with van der Waals surface area (Å²) >= 11 is 1.44. The molecule has 0 aliphatic rings. The van der Waals surface area contributed by atoms with Gasteiger partial charge in [0.05, 0.1) is 27.5 Å². The lowest BCUT2D eigenvalue weighted by Gasteiger charge is -2.05. The van der Waals surface area contributed by atoms with Gasteiger partial charge >= 0.3 is 0 Å². The number of methoxy groups -OCH3 is 1. The number of aromatic nitrogens is 1. The second-order valence-electron chi connectivity index (χ2n) is 6.74. The molecule has 2 aromatic carbocycles. The molecule has 0 bridgehead atoms. The number of ether oxygens (including phenoxy) is 1. The number of hydrogen-bond acceptors (Lipinski definition) is 5. The quantitative estimate of drug-likeness (QED) is 0.547. The van der Waals surface area contributed by atoms with Crippen LogP contribution in [0, 0.1) is 6.92 Å². The number of aryl methyl sites for hydroxylation is 1. The zero-order chi connectivity index (χ0) is 20.9. The molecule has 0 unspecified atom stereocenters. The number of nitrogens with zero attached hydrogens (tertiary/aromatic N) is 2. The first-order valence-electron chi connectivity index (χ1n) is 9.35. The van der Waals surface area contributed by atoms with E-state index in [1.165, 1.54) is 11.3 Å². The highest BCUT2D eigenvalue weighted by atomic mass is 32.2. The number of rotatable bonds is 8. The average Bonchev–Trinajstić information content (AvgIpc) is 3.03. The van der Waals surface area contributed by atoms with Crippen molar-refractivity contribution in [2.75, 3.05) is 19.5 Å². The van der Waals surface area contributed by atoms with Crippen LogP contribution in [0.3, 0.4) is 0 Å². The van der Waals surface area contributed by atoms with Gasteiger partial charge < -0.3 is 9.30 Å². The molecule has 8 heteroatoms. The summed E-state index contributed by atoms with van der Waals surface area (Å²) in [6, 6.07) is 14.6. The molecule has 1 aromatic heterocycles. The average molecular weight is 433 g/mol. The SMILES string of the molecule is COCCn1c(=NC(=O)CCCS(=O)(=O)c2ccc(C)cc2)sc2ccccc21. The molecule has 154 valence electrons. The normalized spacial score (nSPS) is 12.6. The number of benzene rings is 2. The van der Waals surface area contributed by atoms with Gasteiger partial charge in [-0.25, -0.2) is 8.42 Å². The second-order valence-corrected chi connectivity index (χ2v) is 9.86. The van der Waals surface area contributed by atoms with E-state index in [4.69, 9.17) is 4.74 Å². The van der Waals surface area contributed by atoms with Crippen molar-refractivity contribution >= 4 is 37.3 Å². The molecule has 1 amide bonds. The molecular formula is C21H24N2O4S2. The largest absolute Gasteiger partial charge is 0.383 e. The summed E-state index contributed by atoms with van der Waals surface area (Å²) in [4.78, 5) is 17.5. The predicted molar refractivity (Wildman–Crippen MR) is 115 cm³/mol. The first-order valence-corrected chi connectivity index (χ1v) is 11.8. The maximum absolute atomic E-state index is 12.4. The van der Waals surface area contributed by atoms with Crippen molar-refractivity contribution in [2.24, 2.45) is 4.99 Å². The highest BCUT2D eigenvalue weighted by Gasteiger charge is 2.15. The third-order valence-corrected chi connectivity index (χ3v) is 7.39. The van der Waals surface area contributed by atoms with Gasteiger partial charge in [-0.05, 0) is 37.6 Å². The number of hydrogen-bond donors (Lipinski definition) is 0. The van der Waals surface area contributed by atoms with Crippen molar-refractivity contribution in [3.05, 3.63) is 58.9 Å². The molecule has 1 heterocycles. The Hall–Kier alpha value is -2.29. The molecule has 3 rings (SSSR count). The molecule has 0 N–H and O–H groups in total. The maximum Gasteiger partial charge on any atom is 0.248 e. The summed E-state index contributed by atoms with van der Waals surface area (Å²) < 4.78 is 33.0. The maximum atomic E-state index is 12.4. The molecule has 0 atom stereocenters. The van der Waals surface area contributed by atoms with Crippen LogP contribution in [-0.2, 0) is 25.9 Å². The number of sulfone groups is 1. The molecular weight excluding hydrogens is 408 g/mol. The van der Waals surface area contributed by atoms with Crippen LogP contribution in [0.25, 0.3) is 10.2 Å². The number of thiazole rings is 1. The number of carbonyl (C=O) groups is 1. The van der Waals surface area contributed by atoms with Gasteiger partial charge in [-0.15, -0.1) is 0 Å². The standard InChI is InChI=1S/C21H24N2O4S2/c1-16-9-11-17(12-10-16)29(25,26)15-5-8-20(24)22-21-23(13-14-27-2)18-6-3-4-7-19(18)28-21/h3-4,6-7,9-12H,5,8,13-15H2,1-2H3. The Morgan fingerprint density at radius 3 is 2.59 bits per heavy atom. The van der Waals surface area contributed by atoms with E-state index in [0.717, 1.165) is 15.8 Å². The molecule has 0 aliphatic carbocycles. The summed E-state index contributed by atoms with van der Waals surface area (Å²) in [5, 5.41) is 0. The Morgan fingerprint density at radius 2 is 1.86 bits per heavy atom. The van der Waals surface area contributed by atoms with Crippen molar-refractivity contribution in [1.82, 2.24) is 4.57 Å². The van der Waals surface area contributed by atoms with E-state index in [2.05, 4.69) is 4.99 Å². The summed E-state index contributed by atoms with van der Waals surface area (Å²) in [7, 11) is -1.77. The first kappa shape index (κ1) is 21.4. The third-order valence-electron chi connectivity index (χ3n) is 4.51. The molecule has 0 radical (unpaired) electrons. The molecule has 0 saturated heterocycles. The Bertz CT molecular complexity index is 1160. The van der Waals surface area contributed by atoms with Gasteiger partial charge in [0.15, 0.2) is 14.6 Å². The Morgan fingerprint density at radius 1 is 1.14 bits per heavy atom. The van der Waals surface area contributed by atoms with Gasteiger partial charge in [0.1, 0.15) is 0 Å². The van der Waals surface area contributed by atoms with Crippen LogP contribution < -0.4 is 4.80 Å². The highest BCUT2D eigenvalue weighted by Crippen LogP contribution is 2.17. The van der Waals surface area contributed by atoms with Crippen LogP contribution in [0.2, 0.25) is 0 Å². The van der Waals surface area contributed by atoms with E-state index in [1.54, 1.807) is 31.4 Å². The highest BCUT2D eigenvalue weighted by molar-refractivity contribution is 7.91. The molecule has 29 heavy (non-hydrogen) atoms. The van der Waals surface area contributed by atoms with E-state index in [-0.39, 0.29) is 29.4 Å². The molecule has 6 nitrogen and oxygen atoms in total. The zero-order valence-corrected chi connectivity index (χ0v) is 18.1. The smallest absolute Gasteiger partial charge is 0.248 e. The van der Waals surface area contributed by atoms with Crippen molar-refractivity contribution in [3.63, 3.8) is 0 Å². The minimum Gasteiger partial charge on any atom is -0.383 e. The lowest BCUT2D eigenvalue weighted by Crippen LogP contribution is -2.19. The van der Waals surface area contributed by atoms with Crippen LogP contribution in [-0.4, -0.2) is 38.4 Å². The summed E-state index contributed by atoms with van der Waals surface area (Å²) in [6.45, 7) is 3.01. The van der Waals surface area contributed by atoms with Gasteiger partial charge in [0.25, 0.3) is 0 Å². The fraction of sp³-hybridized carbons (Fsp3) is 0.333. The molecule has 3 aromatic rings. The predicted octanol–water partition coefficient (Wildman–Crippen LogP) is 3.34. The van der Waals surface area contributed by atoms with Gasteiger partial charge in [0.2, 0.25) is 5.91 Å².